The van der Waals surface area contributed by atoms with Crippen LogP contribution in [0.15, 0.2) is 24.7 Å². The Labute approximate surface area is 181 Å². The molecular formula is C19H23F4N7S. The molecule has 2 unspecified atom stereocenters. The molecule has 0 spiro atoms. The monoisotopic (exact) mass is 457 g/mol. The molecule has 168 valence electrons. The van der Waals surface area contributed by atoms with E-state index in [1.807, 2.05) is 4.90 Å². The third kappa shape index (κ3) is 5.62. The standard InChI is InChI=1S/C19H23F4N7S/c1-11-6-19(22,23)12(7-28-31-2)9-30(11)17-5-14(26-10-27-17)15-8-25-16(29-15)4-3-13(24)18(20)21/h3-5,8,10-12,18,24,28H,6-7,9H2,1-2H3,(H,25,29)/b4-3-,24-13?. The molecule has 1 aliphatic rings. The van der Waals surface area contributed by atoms with E-state index < -0.39 is 30.0 Å². The smallest absolute Gasteiger partial charge is 0.279 e. The van der Waals surface area contributed by atoms with Crippen LogP contribution in [0, 0.1) is 11.3 Å². The molecule has 0 radical (unpaired) electrons. The van der Waals surface area contributed by atoms with Crippen molar-refractivity contribution in [1.82, 2.24) is 24.7 Å². The zero-order valence-electron chi connectivity index (χ0n) is 16.9. The summed E-state index contributed by atoms with van der Waals surface area (Å²) < 4.78 is 56.7. The van der Waals surface area contributed by atoms with Crippen LogP contribution in [0.5, 0.6) is 0 Å². The first-order chi connectivity index (χ1) is 14.7. The van der Waals surface area contributed by atoms with Gasteiger partial charge in [-0.15, -0.1) is 0 Å². The number of aromatic amines is 1. The summed E-state index contributed by atoms with van der Waals surface area (Å²) in [7, 11) is 0. The molecule has 1 aliphatic heterocycles. The largest absolute Gasteiger partial charge is 0.353 e. The molecule has 3 rings (SSSR count). The van der Waals surface area contributed by atoms with Gasteiger partial charge in [-0.3, -0.25) is 10.1 Å². The molecule has 2 aromatic rings. The summed E-state index contributed by atoms with van der Waals surface area (Å²) in [5.41, 5.74) is 0.190. The Hall–Kier alpha value is -2.47. The average Bonchev–Trinajstić information content (AvgIpc) is 3.20. The zero-order chi connectivity index (χ0) is 22.6. The Kier molecular flexibility index (Phi) is 7.31. The molecule has 2 atom stereocenters. The number of imidazole rings is 1. The Morgan fingerprint density at radius 2 is 2.19 bits per heavy atom. The van der Waals surface area contributed by atoms with Gasteiger partial charge in [-0.05, 0) is 25.3 Å². The normalized spacial score (nSPS) is 21.2. The third-order valence-electron chi connectivity index (χ3n) is 5.06. The molecule has 0 saturated carbocycles. The van der Waals surface area contributed by atoms with Crippen molar-refractivity contribution >= 4 is 29.6 Å². The van der Waals surface area contributed by atoms with Crippen LogP contribution >= 0.6 is 11.9 Å². The molecule has 0 aliphatic carbocycles. The number of piperidine rings is 1. The van der Waals surface area contributed by atoms with Crippen molar-refractivity contribution in [3.05, 3.63) is 30.5 Å². The Bertz CT molecular complexity index is 933. The fourth-order valence-electron chi connectivity index (χ4n) is 3.38. The van der Waals surface area contributed by atoms with Crippen LogP contribution < -0.4 is 9.62 Å². The number of H-pyrrole nitrogens is 1. The van der Waals surface area contributed by atoms with Gasteiger partial charge in [0.25, 0.3) is 12.3 Å². The maximum absolute atomic E-state index is 14.5. The van der Waals surface area contributed by atoms with E-state index in [2.05, 4.69) is 24.7 Å². The summed E-state index contributed by atoms with van der Waals surface area (Å²) in [5.74, 6) is -2.82. The number of alkyl halides is 4. The van der Waals surface area contributed by atoms with Gasteiger partial charge < -0.3 is 9.88 Å². The van der Waals surface area contributed by atoms with Crippen molar-refractivity contribution in [3.63, 3.8) is 0 Å². The first kappa shape index (κ1) is 23.2. The number of aromatic nitrogens is 4. The van der Waals surface area contributed by atoms with Gasteiger partial charge in [0.15, 0.2) is 0 Å². The van der Waals surface area contributed by atoms with Crippen molar-refractivity contribution in [3.8, 4) is 11.4 Å². The van der Waals surface area contributed by atoms with E-state index in [0.717, 1.165) is 6.08 Å². The summed E-state index contributed by atoms with van der Waals surface area (Å²) in [5, 5.41) is 7.15. The molecule has 1 saturated heterocycles. The molecule has 3 heterocycles. The first-order valence-electron chi connectivity index (χ1n) is 9.53. The van der Waals surface area contributed by atoms with Crippen LogP contribution in [0.25, 0.3) is 17.5 Å². The van der Waals surface area contributed by atoms with E-state index in [4.69, 9.17) is 5.41 Å². The fourth-order valence-corrected chi connectivity index (χ4v) is 3.75. The third-order valence-corrected chi connectivity index (χ3v) is 5.52. The van der Waals surface area contributed by atoms with E-state index in [-0.39, 0.29) is 25.3 Å². The van der Waals surface area contributed by atoms with Crippen molar-refractivity contribution in [2.45, 2.75) is 31.7 Å². The van der Waals surface area contributed by atoms with Crippen molar-refractivity contribution in [2.24, 2.45) is 5.92 Å². The Morgan fingerprint density at radius 3 is 2.90 bits per heavy atom. The van der Waals surface area contributed by atoms with Crippen molar-refractivity contribution < 1.29 is 17.6 Å². The lowest BCUT2D eigenvalue weighted by Crippen LogP contribution is -2.54. The minimum atomic E-state index is -2.86. The molecule has 0 aromatic carbocycles. The summed E-state index contributed by atoms with van der Waals surface area (Å²) in [6.45, 7) is 2.06. The predicted octanol–water partition coefficient (Wildman–Crippen LogP) is 3.88. The topological polar surface area (TPSA) is 93.6 Å². The van der Waals surface area contributed by atoms with Crippen LogP contribution in [0.2, 0.25) is 0 Å². The maximum Gasteiger partial charge on any atom is 0.279 e. The molecule has 0 bridgehead atoms. The second-order valence-electron chi connectivity index (χ2n) is 7.25. The molecule has 31 heavy (non-hydrogen) atoms. The molecule has 7 nitrogen and oxygen atoms in total. The fraction of sp³-hybridized carbons (Fsp3) is 0.474. The lowest BCUT2D eigenvalue weighted by molar-refractivity contribution is -0.0783. The molecule has 0 amide bonds. The summed E-state index contributed by atoms with van der Waals surface area (Å²) >= 11 is 1.30. The van der Waals surface area contributed by atoms with Crippen molar-refractivity contribution in [1.29, 1.82) is 5.41 Å². The predicted molar refractivity (Wildman–Crippen MR) is 114 cm³/mol. The van der Waals surface area contributed by atoms with Gasteiger partial charge in [0.05, 0.1) is 29.2 Å². The van der Waals surface area contributed by atoms with Crippen LogP contribution in [0.3, 0.4) is 0 Å². The van der Waals surface area contributed by atoms with E-state index in [9.17, 15) is 17.6 Å². The van der Waals surface area contributed by atoms with Gasteiger partial charge in [-0.25, -0.2) is 32.5 Å². The highest BCUT2D eigenvalue weighted by molar-refractivity contribution is 7.96. The number of rotatable bonds is 8. The van der Waals surface area contributed by atoms with E-state index >= 15 is 0 Å². The molecule has 3 N–H and O–H groups in total. The van der Waals surface area contributed by atoms with E-state index in [0.29, 0.717) is 17.2 Å². The Morgan fingerprint density at radius 1 is 1.42 bits per heavy atom. The molecule has 1 fully saturated rings. The number of allylic oxidation sites excluding steroid dienone is 1. The SMILES string of the molecule is CSNCC1CN(c2cc(-c3cnc(/C=C\C(=N)C(F)F)[nH]3)ncn2)C(C)CC1(F)F. The second kappa shape index (κ2) is 9.77. The number of nitrogens with one attached hydrogen (secondary N) is 3. The maximum atomic E-state index is 14.5. The number of hydrogen-bond donors (Lipinski definition) is 3. The molecule has 12 heteroatoms. The average molecular weight is 458 g/mol. The van der Waals surface area contributed by atoms with E-state index in [1.54, 1.807) is 19.2 Å². The summed E-state index contributed by atoms with van der Waals surface area (Å²) in [6, 6.07) is 1.27. The number of hydrogen-bond acceptors (Lipinski definition) is 7. The quantitative estimate of drug-likeness (QED) is 0.317. The van der Waals surface area contributed by atoms with Crippen LogP contribution in [0.4, 0.5) is 23.4 Å². The van der Waals surface area contributed by atoms with Crippen LogP contribution in [-0.4, -0.2) is 63.4 Å². The number of nitrogens with zero attached hydrogens (tertiary/aromatic N) is 4. The van der Waals surface area contributed by atoms with Gasteiger partial charge >= 0.3 is 0 Å². The Balaban J connectivity index is 1.79. The van der Waals surface area contributed by atoms with Gasteiger partial charge in [0.2, 0.25) is 0 Å². The highest BCUT2D eigenvalue weighted by atomic mass is 32.2. The van der Waals surface area contributed by atoms with Gasteiger partial charge in [-0.1, -0.05) is 11.9 Å². The zero-order valence-corrected chi connectivity index (χ0v) is 17.8. The van der Waals surface area contributed by atoms with Gasteiger partial charge in [-0.2, -0.15) is 0 Å². The highest BCUT2D eigenvalue weighted by Gasteiger charge is 2.47. The molecular weight excluding hydrogens is 434 g/mol. The minimum Gasteiger partial charge on any atom is -0.353 e. The molecule has 2 aromatic heterocycles. The van der Waals surface area contributed by atoms with Crippen LogP contribution in [0.1, 0.15) is 19.2 Å². The second-order valence-corrected chi connectivity index (χ2v) is 7.95. The number of anilines is 1. The van der Waals surface area contributed by atoms with Crippen molar-refractivity contribution in [2.75, 3.05) is 24.2 Å². The number of halogens is 4. The van der Waals surface area contributed by atoms with Crippen LogP contribution in [-0.2, 0) is 0 Å². The summed E-state index contributed by atoms with van der Waals surface area (Å²) in [4.78, 5) is 17.3. The van der Waals surface area contributed by atoms with E-state index in [1.165, 1.54) is 30.5 Å². The lowest BCUT2D eigenvalue weighted by Gasteiger charge is -2.43. The van der Waals surface area contributed by atoms with Gasteiger partial charge in [0, 0.05) is 31.6 Å². The van der Waals surface area contributed by atoms with Gasteiger partial charge in [0.1, 0.15) is 18.0 Å². The first-order valence-corrected chi connectivity index (χ1v) is 10.8. The highest BCUT2D eigenvalue weighted by Crippen LogP contribution is 2.38. The summed E-state index contributed by atoms with van der Waals surface area (Å²) in [6.07, 6.45) is 3.74. The lowest BCUT2D eigenvalue weighted by atomic mass is 9.89. The minimum absolute atomic E-state index is 0.144.